The van der Waals surface area contributed by atoms with Crippen LogP contribution in [0.4, 0.5) is 5.69 Å². The predicted octanol–water partition coefficient (Wildman–Crippen LogP) is -1.17. The van der Waals surface area contributed by atoms with E-state index >= 15 is 0 Å². The van der Waals surface area contributed by atoms with Crippen LogP contribution in [0.1, 0.15) is 16.8 Å². The van der Waals surface area contributed by atoms with Crippen molar-refractivity contribution in [1.29, 1.82) is 0 Å². The van der Waals surface area contributed by atoms with Gasteiger partial charge >= 0.3 is 5.97 Å². The Bertz CT molecular complexity index is 390. The Hall–Kier alpha value is -1.72. The zero-order valence-corrected chi connectivity index (χ0v) is 8.27. The molecule has 0 heterocycles. The van der Waals surface area contributed by atoms with E-state index in [0.29, 0.717) is 11.3 Å². The number of hydrogen-bond acceptors (Lipinski definition) is 2. The number of rotatable bonds is 4. The van der Waals surface area contributed by atoms with E-state index < -0.39 is 12.0 Å². The highest BCUT2D eigenvalue weighted by Crippen LogP contribution is 2.11. The number of aliphatic carboxylic acids is 1. The summed E-state index contributed by atoms with van der Waals surface area (Å²) >= 11 is 0. The number of benzene rings is 1. The SMILES string of the molecule is [NH3+]c1ccccc1C(=O)CC([NH3+])C(=O)O. The average molecular weight is 210 g/mol. The molecule has 0 aliphatic carbocycles. The highest BCUT2D eigenvalue weighted by atomic mass is 16.4. The molecule has 1 aromatic carbocycles. The average Bonchev–Trinajstić information content (AvgIpc) is 2.18. The van der Waals surface area contributed by atoms with Crippen molar-refractivity contribution in [3.8, 4) is 0 Å². The first-order valence-corrected chi connectivity index (χ1v) is 4.52. The lowest BCUT2D eigenvalue weighted by molar-refractivity contribution is -0.405. The van der Waals surface area contributed by atoms with Gasteiger partial charge in [0.05, 0.1) is 12.0 Å². The van der Waals surface area contributed by atoms with Crippen LogP contribution in [0.3, 0.4) is 0 Å². The van der Waals surface area contributed by atoms with E-state index in [1.165, 1.54) is 0 Å². The van der Waals surface area contributed by atoms with Gasteiger partial charge in [0.1, 0.15) is 5.69 Å². The number of carboxylic acids is 1. The summed E-state index contributed by atoms with van der Waals surface area (Å²) in [6, 6.07) is 5.95. The van der Waals surface area contributed by atoms with Crippen LogP contribution in [0, 0.1) is 0 Å². The van der Waals surface area contributed by atoms with Crippen LogP contribution in [-0.2, 0) is 4.79 Å². The molecule has 0 saturated carbocycles. The van der Waals surface area contributed by atoms with E-state index in [9.17, 15) is 9.59 Å². The Morgan fingerprint density at radius 2 is 1.93 bits per heavy atom. The number of carbonyl (C=O) groups is 2. The highest BCUT2D eigenvalue weighted by Gasteiger charge is 2.22. The molecule has 1 rings (SSSR count). The summed E-state index contributed by atoms with van der Waals surface area (Å²) in [5, 5.41) is 8.62. The van der Waals surface area contributed by atoms with Crippen molar-refractivity contribution >= 4 is 17.4 Å². The third-order valence-electron chi connectivity index (χ3n) is 2.10. The second-order valence-electron chi connectivity index (χ2n) is 3.32. The van der Waals surface area contributed by atoms with Crippen molar-refractivity contribution in [2.75, 3.05) is 0 Å². The Balaban J connectivity index is 2.78. The fourth-order valence-electron chi connectivity index (χ4n) is 1.21. The monoisotopic (exact) mass is 210 g/mol. The first-order chi connectivity index (χ1) is 7.02. The molecule has 0 aliphatic rings. The lowest BCUT2D eigenvalue weighted by Gasteiger charge is -2.03. The van der Waals surface area contributed by atoms with Crippen LogP contribution in [0.5, 0.6) is 0 Å². The zero-order valence-electron chi connectivity index (χ0n) is 8.27. The van der Waals surface area contributed by atoms with Crippen molar-refractivity contribution in [2.24, 2.45) is 0 Å². The first kappa shape index (κ1) is 11.4. The minimum atomic E-state index is -1.06. The van der Waals surface area contributed by atoms with Crippen LogP contribution in [0.15, 0.2) is 24.3 Å². The molecule has 80 valence electrons. The van der Waals surface area contributed by atoms with Crippen molar-refractivity contribution < 1.29 is 26.2 Å². The Labute approximate surface area is 86.7 Å². The standard InChI is InChI=1S/C10H12N2O3/c11-7-4-2-1-3-6(7)9(13)5-8(12)10(14)15/h1-4,8H,5,11-12H2,(H,14,15)/p+2. The molecule has 15 heavy (non-hydrogen) atoms. The van der Waals surface area contributed by atoms with Gasteiger partial charge in [0.15, 0.2) is 11.8 Å². The third-order valence-corrected chi connectivity index (χ3v) is 2.10. The summed E-state index contributed by atoms with van der Waals surface area (Å²) in [7, 11) is 0. The molecule has 5 heteroatoms. The fraction of sp³-hybridized carbons (Fsp3) is 0.200. The van der Waals surface area contributed by atoms with Crippen LogP contribution in [-0.4, -0.2) is 22.9 Å². The Morgan fingerprint density at radius 3 is 2.47 bits per heavy atom. The lowest BCUT2D eigenvalue weighted by Crippen LogP contribution is -2.65. The molecular weight excluding hydrogens is 196 g/mol. The predicted molar refractivity (Wildman–Crippen MR) is 52.2 cm³/mol. The van der Waals surface area contributed by atoms with Crippen LogP contribution in [0.2, 0.25) is 0 Å². The van der Waals surface area contributed by atoms with E-state index in [2.05, 4.69) is 11.5 Å². The maximum atomic E-state index is 11.6. The van der Waals surface area contributed by atoms with Crippen molar-refractivity contribution in [2.45, 2.75) is 12.5 Å². The van der Waals surface area contributed by atoms with Crippen LogP contribution in [0.25, 0.3) is 0 Å². The molecule has 1 unspecified atom stereocenters. The summed E-state index contributed by atoms with van der Waals surface area (Å²) in [5.74, 6) is -1.30. The molecule has 5 nitrogen and oxygen atoms in total. The van der Waals surface area contributed by atoms with E-state index in [1.807, 2.05) is 0 Å². The molecule has 0 aliphatic heterocycles. The first-order valence-electron chi connectivity index (χ1n) is 4.52. The van der Waals surface area contributed by atoms with Gasteiger partial charge in [-0.2, -0.15) is 0 Å². The van der Waals surface area contributed by atoms with Gasteiger partial charge in [-0.05, 0) is 12.1 Å². The minimum Gasteiger partial charge on any atom is -0.477 e. The number of carboxylic acid groups (broad SMARTS) is 1. The molecule has 0 amide bonds. The second-order valence-corrected chi connectivity index (χ2v) is 3.32. The van der Waals surface area contributed by atoms with Crippen molar-refractivity contribution in [1.82, 2.24) is 0 Å². The topological polar surface area (TPSA) is 110 Å². The van der Waals surface area contributed by atoms with E-state index in [-0.39, 0.29) is 12.2 Å². The van der Waals surface area contributed by atoms with Crippen molar-refractivity contribution in [3.63, 3.8) is 0 Å². The van der Waals surface area contributed by atoms with Gasteiger partial charge in [-0.25, -0.2) is 4.79 Å². The number of ketones is 1. The second kappa shape index (κ2) is 4.68. The molecule has 0 radical (unpaired) electrons. The molecule has 1 atom stereocenters. The quantitative estimate of drug-likeness (QED) is 0.544. The molecule has 0 bridgehead atoms. The molecule has 7 N–H and O–H groups in total. The summed E-state index contributed by atoms with van der Waals surface area (Å²) in [4.78, 5) is 22.2. The summed E-state index contributed by atoms with van der Waals surface area (Å²) in [6.45, 7) is 0. The Kier molecular flexibility index (Phi) is 3.54. The Morgan fingerprint density at radius 1 is 1.33 bits per heavy atom. The van der Waals surface area contributed by atoms with Crippen molar-refractivity contribution in [3.05, 3.63) is 29.8 Å². The number of quaternary nitrogens is 2. The van der Waals surface area contributed by atoms with Gasteiger partial charge in [0, 0.05) is 0 Å². The van der Waals surface area contributed by atoms with Crippen LogP contribution >= 0.6 is 0 Å². The van der Waals surface area contributed by atoms with Gasteiger partial charge in [-0.1, -0.05) is 12.1 Å². The molecule has 0 saturated heterocycles. The largest absolute Gasteiger partial charge is 0.477 e. The maximum Gasteiger partial charge on any atom is 0.362 e. The normalized spacial score (nSPS) is 12.1. The van der Waals surface area contributed by atoms with Gasteiger partial charge in [0.2, 0.25) is 0 Å². The summed E-state index contributed by atoms with van der Waals surface area (Å²) < 4.78 is 0. The zero-order chi connectivity index (χ0) is 11.4. The van der Waals surface area contributed by atoms with Gasteiger partial charge in [-0.3, -0.25) is 4.79 Å². The lowest BCUT2D eigenvalue weighted by atomic mass is 10.0. The highest BCUT2D eigenvalue weighted by molar-refractivity contribution is 6.01. The minimum absolute atomic E-state index is 0.0954. The van der Waals surface area contributed by atoms with Gasteiger partial charge in [0.25, 0.3) is 0 Å². The molecular formula is C10H14N2O3+2. The van der Waals surface area contributed by atoms with E-state index in [4.69, 9.17) is 5.11 Å². The maximum absolute atomic E-state index is 11.6. The fourth-order valence-corrected chi connectivity index (χ4v) is 1.21. The molecule has 1 aromatic rings. The summed E-state index contributed by atoms with van der Waals surface area (Å²) in [6.07, 6.45) is -0.0954. The summed E-state index contributed by atoms with van der Waals surface area (Å²) in [5.41, 5.74) is 8.17. The molecule has 0 fully saturated rings. The van der Waals surface area contributed by atoms with E-state index in [1.54, 1.807) is 24.3 Å². The third kappa shape index (κ3) is 2.87. The molecule has 0 spiro atoms. The van der Waals surface area contributed by atoms with Crippen LogP contribution < -0.4 is 11.5 Å². The number of Topliss-reactive ketones (excluding diaryl/α,β-unsaturated/α-hetero) is 1. The smallest absolute Gasteiger partial charge is 0.362 e. The van der Waals surface area contributed by atoms with Gasteiger partial charge in [-0.15, -0.1) is 0 Å². The molecule has 0 aromatic heterocycles. The van der Waals surface area contributed by atoms with E-state index in [0.717, 1.165) is 0 Å². The number of carbonyl (C=O) groups excluding carboxylic acids is 1. The van der Waals surface area contributed by atoms with Gasteiger partial charge < -0.3 is 16.6 Å². The number of hydrogen-bond donors (Lipinski definition) is 3.